The van der Waals surface area contributed by atoms with E-state index in [4.69, 9.17) is 0 Å². The molecule has 1 saturated heterocycles. The second-order valence-electron chi connectivity index (χ2n) is 4.16. The van der Waals surface area contributed by atoms with E-state index in [1.807, 2.05) is 0 Å². The molecule has 17 heavy (non-hydrogen) atoms. The lowest BCUT2D eigenvalue weighted by atomic mass is 10.2. The number of nitrogens with one attached hydrogen (secondary N) is 2. The molecule has 0 aromatic heterocycles. The average Bonchev–Trinajstić information content (AvgIpc) is 2.14. The van der Waals surface area contributed by atoms with Crippen molar-refractivity contribution in [1.82, 2.24) is 14.3 Å². The predicted molar refractivity (Wildman–Crippen MR) is 61.1 cm³/mol. The zero-order chi connectivity index (χ0) is 13.2. The fraction of sp³-hybridized carbons (Fsp3) is 0.778. The molecule has 1 heterocycles. The van der Waals surface area contributed by atoms with E-state index in [2.05, 4.69) is 10.0 Å². The molecule has 1 aliphatic rings. The highest BCUT2D eigenvalue weighted by atomic mass is 32.2. The van der Waals surface area contributed by atoms with Gasteiger partial charge in [0.15, 0.2) is 0 Å². The molecule has 7 nitrogen and oxygen atoms in total. The fourth-order valence-electron chi connectivity index (χ4n) is 1.65. The number of carbonyl (C=O) groups excluding carboxylic acids is 2. The van der Waals surface area contributed by atoms with Crippen molar-refractivity contribution in [2.24, 2.45) is 0 Å². The molecule has 0 bridgehead atoms. The van der Waals surface area contributed by atoms with Crippen LogP contribution >= 0.6 is 0 Å². The van der Waals surface area contributed by atoms with Gasteiger partial charge in [-0.1, -0.05) is 6.92 Å². The maximum absolute atomic E-state index is 11.9. The molecule has 1 fully saturated rings. The first-order valence-electron chi connectivity index (χ1n) is 5.40. The summed E-state index contributed by atoms with van der Waals surface area (Å²) >= 11 is 0. The zero-order valence-electron chi connectivity index (χ0n) is 10.1. The third-order valence-corrected chi connectivity index (χ3v) is 4.06. The number of rotatable bonds is 4. The van der Waals surface area contributed by atoms with Gasteiger partial charge < -0.3 is 0 Å². The minimum atomic E-state index is -3.81. The van der Waals surface area contributed by atoms with Gasteiger partial charge in [-0.2, -0.15) is 17.4 Å². The average molecular weight is 263 g/mol. The highest BCUT2D eigenvalue weighted by molar-refractivity contribution is 7.87. The number of nitrogens with zero attached hydrogens (tertiary/aromatic N) is 1. The molecule has 0 aromatic carbocycles. The maximum atomic E-state index is 11.9. The molecule has 8 heteroatoms. The maximum Gasteiger partial charge on any atom is 0.280 e. The second kappa shape index (κ2) is 5.11. The van der Waals surface area contributed by atoms with Crippen molar-refractivity contribution < 1.29 is 18.0 Å². The minimum Gasteiger partial charge on any atom is -0.294 e. The molecular weight excluding hydrogens is 246 g/mol. The van der Waals surface area contributed by atoms with Crippen molar-refractivity contribution in [3.05, 3.63) is 0 Å². The molecule has 1 atom stereocenters. The van der Waals surface area contributed by atoms with Crippen molar-refractivity contribution in [2.45, 2.75) is 39.3 Å². The summed E-state index contributed by atoms with van der Waals surface area (Å²) in [4.78, 5) is 22.7. The number of piperazine rings is 1. The summed E-state index contributed by atoms with van der Waals surface area (Å²) in [5.74, 6) is -1.17. The lowest BCUT2D eigenvalue weighted by Gasteiger charge is -2.32. The third kappa shape index (κ3) is 3.24. The smallest absolute Gasteiger partial charge is 0.280 e. The normalized spacial score (nSPS) is 22.9. The summed E-state index contributed by atoms with van der Waals surface area (Å²) in [6, 6.07) is -1.12. The summed E-state index contributed by atoms with van der Waals surface area (Å²) in [5, 5.41) is 2.12. The Kier molecular flexibility index (Phi) is 4.23. The lowest BCUT2D eigenvalue weighted by molar-refractivity contribution is -0.137. The summed E-state index contributed by atoms with van der Waals surface area (Å²) in [6.45, 7) is 4.71. The minimum absolute atomic E-state index is 0.294. The van der Waals surface area contributed by atoms with Gasteiger partial charge in [0.2, 0.25) is 11.8 Å². The Labute approximate surface area is 101 Å². The molecule has 0 spiro atoms. The number of hydrogen-bond acceptors (Lipinski definition) is 4. The Morgan fingerprint density at radius 3 is 2.53 bits per heavy atom. The van der Waals surface area contributed by atoms with Gasteiger partial charge in [-0.25, -0.2) is 0 Å². The molecule has 1 aliphatic heterocycles. The molecule has 0 saturated carbocycles. The number of amides is 2. The van der Waals surface area contributed by atoms with Gasteiger partial charge in [-0.3, -0.25) is 14.9 Å². The van der Waals surface area contributed by atoms with E-state index < -0.39 is 28.1 Å². The molecule has 2 N–H and O–H groups in total. The molecule has 98 valence electrons. The van der Waals surface area contributed by atoms with Crippen LogP contribution in [0.15, 0.2) is 0 Å². The van der Waals surface area contributed by atoms with Crippen molar-refractivity contribution in [3.8, 4) is 0 Å². The Hall–Kier alpha value is -0.990. The Bertz CT molecular complexity index is 418. The van der Waals surface area contributed by atoms with E-state index >= 15 is 0 Å². The molecule has 1 unspecified atom stereocenters. The predicted octanol–water partition coefficient (Wildman–Crippen LogP) is -1.03. The van der Waals surface area contributed by atoms with E-state index in [0.29, 0.717) is 6.42 Å². The van der Waals surface area contributed by atoms with E-state index in [1.165, 1.54) is 0 Å². The first-order chi connectivity index (χ1) is 7.77. The summed E-state index contributed by atoms with van der Waals surface area (Å²) < 4.78 is 27.1. The number of imide groups is 1. The van der Waals surface area contributed by atoms with Gasteiger partial charge in [0, 0.05) is 6.04 Å². The fourth-order valence-corrected chi connectivity index (χ4v) is 3.25. The highest BCUT2D eigenvalue weighted by Crippen LogP contribution is 2.13. The molecule has 0 aromatic rings. The van der Waals surface area contributed by atoms with E-state index in [9.17, 15) is 18.0 Å². The summed E-state index contributed by atoms with van der Waals surface area (Å²) in [5.41, 5.74) is 0. The summed E-state index contributed by atoms with van der Waals surface area (Å²) in [6.07, 6.45) is 0.318. The Morgan fingerprint density at radius 2 is 2.06 bits per heavy atom. The van der Waals surface area contributed by atoms with Crippen molar-refractivity contribution in [1.29, 1.82) is 0 Å². The largest absolute Gasteiger partial charge is 0.294 e. The summed E-state index contributed by atoms with van der Waals surface area (Å²) in [7, 11) is -3.81. The van der Waals surface area contributed by atoms with Crippen molar-refractivity contribution in [2.75, 3.05) is 6.54 Å². The van der Waals surface area contributed by atoms with Crippen molar-refractivity contribution in [3.63, 3.8) is 0 Å². The number of carbonyl (C=O) groups is 2. The Morgan fingerprint density at radius 1 is 1.47 bits per heavy atom. The van der Waals surface area contributed by atoms with Crippen LogP contribution in [-0.2, 0) is 19.8 Å². The Balaban J connectivity index is 3.00. The first-order valence-corrected chi connectivity index (χ1v) is 6.84. The third-order valence-electron chi connectivity index (χ3n) is 2.29. The molecular formula is C9H17N3O4S. The molecule has 1 rings (SSSR count). The second-order valence-corrected chi connectivity index (χ2v) is 5.81. The standard InChI is InChI=1S/C9H17N3O4S/c1-4-7-9(14)10-8(13)5-12(7)17(15,16)11-6(2)3/h6-7,11H,4-5H2,1-3H3,(H,10,13,14). The lowest BCUT2D eigenvalue weighted by Crippen LogP contribution is -2.61. The van der Waals surface area contributed by atoms with E-state index in [0.717, 1.165) is 4.31 Å². The van der Waals surface area contributed by atoms with Gasteiger partial charge in [0.25, 0.3) is 10.2 Å². The van der Waals surface area contributed by atoms with Gasteiger partial charge in [-0.05, 0) is 20.3 Å². The van der Waals surface area contributed by atoms with Crippen LogP contribution in [0.3, 0.4) is 0 Å². The monoisotopic (exact) mass is 263 g/mol. The van der Waals surface area contributed by atoms with E-state index in [-0.39, 0.29) is 12.6 Å². The van der Waals surface area contributed by atoms with Gasteiger partial charge >= 0.3 is 0 Å². The van der Waals surface area contributed by atoms with E-state index in [1.54, 1.807) is 20.8 Å². The quantitative estimate of drug-likeness (QED) is 0.634. The SMILES string of the molecule is CCC1C(=O)NC(=O)CN1S(=O)(=O)NC(C)C. The van der Waals surface area contributed by atoms with Crippen LogP contribution in [0.25, 0.3) is 0 Å². The van der Waals surface area contributed by atoms with Gasteiger partial charge in [0.05, 0.1) is 6.54 Å². The van der Waals surface area contributed by atoms with Crippen LogP contribution in [0.5, 0.6) is 0 Å². The van der Waals surface area contributed by atoms with Crippen LogP contribution in [-0.4, -0.2) is 43.2 Å². The first kappa shape index (κ1) is 14.1. The van der Waals surface area contributed by atoms with Gasteiger partial charge in [0.1, 0.15) is 6.04 Å². The van der Waals surface area contributed by atoms with Crippen LogP contribution in [0.4, 0.5) is 0 Å². The zero-order valence-corrected chi connectivity index (χ0v) is 10.9. The van der Waals surface area contributed by atoms with Gasteiger partial charge in [-0.15, -0.1) is 0 Å². The van der Waals surface area contributed by atoms with Crippen LogP contribution < -0.4 is 10.0 Å². The van der Waals surface area contributed by atoms with Crippen LogP contribution in [0.1, 0.15) is 27.2 Å². The van der Waals surface area contributed by atoms with Crippen LogP contribution in [0.2, 0.25) is 0 Å². The molecule has 0 aliphatic carbocycles. The highest BCUT2D eigenvalue weighted by Gasteiger charge is 2.39. The molecule has 0 radical (unpaired) electrons. The van der Waals surface area contributed by atoms with Crippen molar-refractivity contribution >= 4 is 22.0 Å². The molecule has 2 amide bonds. The van der Waals surface area contributed by atoms with Crippen LogP contribution in [0, 0.1) is 0 Å². The number of hydrogen-bond donors (Lipinski definition) is 2. The topological polar surface area (TPSA) is 95.6 Å².